The van der Waals surface area contributed by atoms with Gasteiger partial charge in [0.2, 0.25) is 5.91 Å². The van der Waals surface area contributed by atoms with E-state index < -0.39 is 0 Å². The molecule has 4 aromatic rings. The third kappa shape index (κ3) is 4.69. The van der Waals surface area contributed by atoms with Gasteiger partial charge in [0, 0.05) is 47.9 Å². The zero-order chi connectivity index (χ0) is 22.8. The van der Waals surface area contributed by atoms with Gasteiger partial charge in [0.15, 0.2) is 0 Å². The fourth-order valence-electron chi connectivity index (χ4n) is 4.37. The van der Waals surface area contributed by atoms with Crippen LogP contribution in [0.2, 0.25) is 0 Å². The number of anilines is 2. The molecule has 0 saturated carbocycles. The fourth-order valence-corrected chi connectivity index (χ4v) is 4.37. The first-order valence-electron chi connectivity index (χ1n) is 11.1. The minimum atomic E-state index is -0.372. The number of nitrogens with one attached hydrogen (secondary N) is 1. The number of fused-ring (bicyclic) bond motifs is 1. The van der Waals surface area contributed by atoms with Gasteiger partial charge in [0.1, 0.15) is 11.6 Å². The first kappa shape index (κ1) is 21.1. The summed E-state index contributed by atoms with van der Waals surface area (Å²) in [6.07, 6.45) is 4.32. The molecule has 1 amide bonds. The zero-order valence-corrected chi connectivity index (χ0v) is 18.4. The summed E-state index contributed by atoms with van der Waals surface area (Å²) in [4.78, 5) is 23.6. The maximum absolute atomic E-state index is 13.1. The normalized spacial score (nSPS) is 15.8. The Morgan fingerprint density at radius 2 is 2.06 bits per heavy atom. The topological polar surface area (TPSA) is 75.9 Å². The third-order valence-electron chi connectivity index (χ3n) is 6.02. The molecule has 5 rings (SSSR count). The molecule has 3 aromatic heterocycles. The van der Waals surface area contributed by atoms with E-state index in [0.717, 1.165) is 40.9 Å². The number of amides is 1. The molecule has 0 unspecified atom stereocenters. The summed E-state index contributed by atoms with van der Waals surface area (Å²) < 4.78 is 15.0. The lowest BCUT2D eigenvalue weighted by atomic mass is 10.0. The van der Waals surface area contributed by atoms with E-state index in [1.807, 2.05) is 59.1 Å². The molecule has 0 aliphatic carbocycles. The van der Waals surface area contributed by atoms with Crippen molar-refractivity contribution in [1.82, 2.24) is 24.6 Å². The van der Waals surface area contributed by atoms with Gasteiger partial charge >= 0.3 is 0 Å². The van der Waals surface area contributed by atoms with Crippen molar-refractivity contribution in [2.24, 2.45) is 0 Å². The summed E-state index contributed by atoms with van der Waals surface area (Å²) in [5.41, 5.74) is 3.73. The Hall–Kier alpha value is -3.81. The quantitative estimate of drug-likeness (QED) is 0.476. The number of halogens is 1. The van der Waals surface area contributed by atoms with Crippen molar-refractivity contribution < 1.29 is 9.18 Å². The molecule has 1 fully saturated rings. The Balaban J connectivity index is 1.22. The van der Waals surface area contributed by atoms with Crippen molar-refractivity contribution in [3.05, 3.63) is 78.1 Å². The Kier molecular flexibility index (Phi) is 5.73. The molecular weight excluding hydrogens is 419 g/mol. The SMILES string of the molecule is Cc1cc(Nc2ccc(F)cn2)cc([C@H]2CCN(C(=O)CCn3ncc4ccccc43)C2)n1. The molecule has 1 aromatic carbocycles. The first-order chi connectivity index (χ1) is 16.0. The van der Waals surface area contributed by atoms with Crippen LogP contribution < -0.4 is 5.32 Å². The average Bonchev–Trinajstić information content (AvgIpc) is 3.46. The Bertz CT molecular complexity index is 1290. The number of hydrogen-bond donors (Lipinski definition) is 1. The van der Waals surface area contributed by atoms with Gasteiger partial charge in [-0.1, -0.05) is 18.2 Å². The van der Waals surface area contributed by atoms with Crippen LogP contribution in [0.4, 0.5) is 15.9 Å². The highest BCUT2D eigenvalue weighted by Crippen LogP contribution is 2.29. The molecule has 168 valence electrons. The van der Waals surface area contributed by atoms with E-state index in [-0.39, 0.29) is 17.6 Å². The van der Waals surface area contributed by atoms with Crippen LogP contribution in [0.1, 0.15) is 30.1 Å². The summed E-state index contributed by atoms with van der Waals surface area (Å²) >= 11 is 0. The van der Waals surface area contributed by atoms with Gasteiger partial charge in [0.25, 0.3) is 0 Å². The van der Waals surface area contributed by atoms with Crippen LogP contribution >= 0.6 is 0 Å². The van der Waals surface area contributed by atoms with Crippen LogP contribution in [0, 0.1) is 12.7 Å². The molecule has 8 heteroatoms. The molecular formula is C25H25FN6O. The second kappa shape index (κ2) is 8.97. The second-order valence-corrected chi connectivity index (χ2v) is 8.41. The molecule has 0 spiro atoms. The van der Waals surface area contributed by atoms with Crippen molar-refractivity contribution in [3.63, 3.8) is 0 Å². The van der Waals surface area contributed by atoms with E-state index in [9.17, 15) is 9.18 Å². The number of rotatable bonds is 6. The van der Waals surface area contributed by atoms with Crippen molar-refractivity contribution in [1.29, 1.82) is 0 Å². The summed E-state index contributed by atoms with van der Waals surface area (Å²) in [5.74, 6) is 0.519. The number of aryl methyl sites for hydroxylation is 2. The highest BCUT2D eigenvalue weighted by molar-refractivity contribution is 5.79. The molecule has 1 N–H and O–H groups in total. The number of aromatic nitrogens is 4. The predicted octanol–water partition coefficient (Wildman–Crippen LogP) is 4.42. The molecule has 33 heavy (non-hydrogen) atoms. The van der Waals surface area contributed by atoms with Gasteiger partial charge in [-0.3, -0.25) is 14.5 Å². The number of pyridine rings is 2. The van der Waals surface area contributed by atoms with Gasteiger partial charge in [-0.2, -0.15) is 5.10 Å². The van der Waals surface area contributed by atoms with Crippen molar-refractivity contribution >= 4 is 28.3 Å². The van der Waals surface area contributed by atoms with Crippen molar-refractivity contribution in [2.45, 2.75) is 32.2 Å². The maximum Gasteiger partial charge on any atom is 0.224 e. The van der Waals surface area contributed by atoms with Crippen LogP contribution in [0.5, 0.6) is 0 Å². The summed E-state index contributed by atoms with van der Waals surface area (Å²) in [7, 11) is 0. The largest absolute Gasteiger partial charge is 0.342 e. The Morgan fingerprint density at radius 3 is 2.91 bits per heavy atom. The fraction of sp³-hybridized carbons (Fsp3) is 0.280. The first-order valence-corrected chi connectivity index (χ1v) is 11.1. The highest BCUT2D eigenvalue weighted by atomic mass is 19.1. The number of para-hydroxylation sites is 1. The lowest BCUT2D eigenvalue weighted by Gasteiger charge is -2.17. The zero-order valence-electron chi connectivity index (χ0n) is 18.4. The second-order valence-electron chi connectivity index (χ2n) is 8.41. The summed E-state index contributed by atoms with van der Waals surface area (Å²) in [5, 5.41) is 8.71. The molecule has 4 heterocycles. The molecule has 1 aliphatic rings. The lowest BCUT2D eigenvalue weighted by Crippen LogP contribution is -2.29. The smallest absolute Gasteiger partial charge is 0.224 e. The molecule has 0 bridgehead atoms. The van der Waals surface area contributed by atoms with Crippen LogP contribution in [0.25, 0.3) is 10.9 Å². The van der Waals surface area contributed by atoms with Crippen LogP contribution in [0.15, 0.2) is 60.9 Å². The average molecular weight is 445 g/mol. The molecule has 1 saturated heterocycles. The van der Waals surface area contributed by atoms with Gasteiger partial charge < -0.3 is 10.2 Å². The van der Waals surface area contributed by atoms with E-state index in [0.29, 0.717) is 25.3 Å². The van der Waals surface area contributed by atoms with Crippen molar-refractivity contribution in [3.8, 4) is 0 Å². The van der Waals surface area contributed by atoms with E-state index in [4.69, 9.17) is 4.98 Å². The minimum Gasteiger partial charge on any atom is -0.342 e. The standard InChI is InChI=1S/C25H25FN6O/c1-17-12-21(30-24-7-6-20(26)15-27-24)13-22(29-17)19-8-10-31(16-19)25(33)9-11-32-23-5-3-2-4-18(23)14-28-32/h2-7,12-15,19H,8-11,16H2,1H3,(H,27,29,30)/t19-/m0/s1. The predicted molar refractivity (Wildman–Crippen MR) is 125 cm³/mol. The van der Waals surface area contributed by atoms with Gasteiger partial charge in [-0.25, -0.2) is 9.37 Å². The number of likely N-dealkylation sites (tertiary alicyclic amines) is 1. The number of carbonyl (C=O) groups excluding carboxylic acids is 1. The molecule has 0 radical (unpaired) electrons. The lowest BCUT2D eigenvalue weighted by molar-refractivity contribution is -0.130. The minimum absolute atomic E-state index is 0.138. The highest BCUT2D eigenvalue weighted by Gasteiger charge is 2.28. The van der Waals surface area contributed by atoms with Crippen molar-refractivity contribution in [2.75, 3.05) is 18.4 Å². The molecule has 1 aliphatic heterocycles. The van der Waals surface area contributed by atoms with Crippen LogP contribution in [-0.4, -0.2) is 43.6 Å². The van der Waals surface area contributed by atoms with Gasteiger partial charge in [-0.05, 0) is 43.7 Å². The molecule has 7 nitrogen and oxygen atoms in total. The third-order valence-corrected chi connectivity index (χ3v) is 6.02. The van der Waals surface area contributed by atoms with E-state index in [1.165, 1.54) is 12.3 Å². The Morgan fingerprint density at radius 1 is 1.18 bits per heavy atom. The number of nitrogens with zero attached hydrogens (tertiary/aromatic N) is 5. The molecule has 1 atom stereocenters. The van der Waals surface area contributed by atoms with Gasteiger partial charge in [0.05, 0.1) is 24.5 Å². The summed E-state index contributed by atoms with van der Waals surface area (Å²) in [6, 6.07) is 14.9. The maximum atomic E-state index is 13.1. The number of carbonyl (C=O) groups is 1. The van der Waals surface area contributed by atoms with Crippen LogP contribution in [-0.2, 0) is 11.3 Å². The van der Waals surface area contributed by atoms with E-state index in [2.05, 4.69) is 15.4 Å². The van der Waals surface area contributed by atoms with Gasteiger partial charge in [-0.15, -0.1) is 0 Å². The van der Waals surface area contributed by atoms with E-state index in [1.54, 1.807) is 6.07 Å². The monoisotopic (exact) mass is 444 g/mol. The number of benzene rings is 1. The number of hydrogen-bond acceptors (Lipinski definition) is 5. The van der Waals surface area contributed by atoms with E-state index >= 15 is 0 Å². The summed E-state index contributed by atoms with van der Waals surface area (Å²) in [6.45, 7) is 3.89. The van der Waals surface area contributed by atoms with Crippen LogP contribution in [0.3, 0.4) is 0 Å². The Labute approximate surface area is 191 Å².